The monoisotopic (exact) mass is 1380 g/mol. The second-order valence-corrected chi connectivity index (χ2v) is 28.8. The molecule has 2 N–H and O–H groups in total. The zero-order chi connectivity index (χ0) is 71.5. The molecule has 0 spiro atoms. The van der Waals surface area contributed by atoms with Crippen molar-refractivity contribution in [2.75, 3.05) is 26.2 Å². The van der Waals surface area contributed by atoms with E-state index in [2.05, 4.69) is 76.3 Å². The number of ether oxygens (including phenoxy) is 2. The molecule has 0 heterocycles. The molecule has 0 saturated carbocycles. The number of carboxylic acid groups (broad SMARTS) is 2. The number of hydrogen-bond acceptors (Lipinski definition) is 10. The van der Waals surface area contributed by atoms with Crippen LogP contribution < -0.4 is 0 Å². The van der Waals surface area contributed by atoms with Crippen LogP contribution in [0.15, 0.2) is 48.6 Å². The summed E-state index contributed by atoms with van der Waals surface area (Å²) in [5.74, 6) is -5.58. The lowest BCUT2D eigenvalue weighted by atomic mass is 10.1. The van der Waals surface area contributed by atoms with Gasteiger partial charge in [0.15, 0.2) is 0 Å². The van der Waals surface area contributed by atoms with Crippen molar-refractivity contribution in [3.8, 4) is 0 Å². The molecule has 0 amide bonds. The van der Waals surface area contributed by atoms with Gasteiger partial charge in [-0.3, -0.25) is 29.0 Å². The van der Waals surface area contributed by atoms with Gasteiger partial charge in [0.2, 0.25) is 0 Å². The average Bonchev–Trinajstić information content (AvgIpc) is 1.04. The molecule has 2 atom stereocenters. The average molecular weight is 1380 g/mol. The fourth-order valence-corrected chi connectivity index (χ4v) is 13.2. The van der Waals surface area contributed by atoms with E-state index in [4.69, 9.17) is 9.47 Å². The Bertz CT molecular complexity index is 1730. The van der Waals surface area contributed by atoms with Crippen LogP contribution in [0.5, 0.6) is 0 Å². The predicted molar refractivity (Wildman–Crippen MR) is 414 cm³/mol. The van der Waals surface area contributed by atoms with Gasteiger partial charge >= 0.3 is 35.8 Å². The molecule has 0 aromatic carbocycles. The molecule has 0 saturated heterocycles. The molecule has 0 rings (SSSR count). The highest BCUT2D eigenvalue weighted by molar-refractivity contribution is 5.91. The van der Waals surface area contributed by atoms with Crippen LogP contribution in [0.25, 0.3) is 0 Å². The number of allylic oxidation sites excluding steroid dienone is 8. The summed E-state index contributed by atoms with van der Waals surface area (Å²) in [5, 5.41) is 20.1. The Balaban J connectivity index is 5.54. The van der Waals surface area contributed by atoms with Crippen molar-refractivity contribution >= 4 is 35.8 Å². The molecular formula is C86H156N2O10. The maximum Gasteiger partial charge on any atom is 0.331 e. The Hall–Kier alpha value is -3.90. The van der Waals surface area contributed by atoms with Crippen molar-refractivity contribution in [2.24, 2.45) is 0 Å². The first kappa shape index (κ1) is 94.1. The summed E-state index contributed by atoms with van der Waals surface area (Å²) < 4.78 is 10.8. The third-order valence-electron chi connectivity index (χ3n) is 19.4. The van der Waals surface area contributed by atoms with Crippen LogP contribution >= 0.6 is 0 Å². The second kappa shape index (κ2) is 75.8. The van der Waals surface area contributed by atoms with Gasteiger partial charge in [0, 0.05) is 12.8 Å². The van der Waals surface area contributed by atoms with E-state index in [1.165, 1.54) is 231 Å². The van der Waals surface area contributed by atoms with Crippen molar-refractivity contribution < 1.29 is 48.5 Å². The molecule has 12 nitrogen and oxygen atoms in total. The van der Waals surface area contributed by atoms with Crippen LogP contribution in [-0.2, 0) is 38.2 Å². The molecule has 0 bridgehead atoms. The highest BCUT2D eigenvalue weighted by Crippen LogP contribution is 2.21. The summed E-state index contributed by atoms with van der Waals surface area (Å²) in [5.41, 5.74) is 0. The second-order valence-electron chi connectivity index (χ2n) is 28.8. The summed E-state index contributed by atoms with van der Waals surface area (Å²) in [6.07, 6.45) is 83.8. The van der Waals surface area contributed by atoms with E-state index in [0.29, 0.717) is 26.2 Å². The largest absolute Gasteiger partial charge is 0.481 e. The number of carboxylic acids is 2. The molecule has 0 unspecified atom stereocenters. The molecule has 0 aromatic heterocycles. The molecule has 0 aromatic rings. The molecular weight excluding hydrogens is 1220 g/mol. The third kappa shape index (κ3) is 66.6. The summed E-state index contributed by atoms with van der Waals surface area (Å²) >= 11 is 0. The smallest absolute Gasteiger partial charge is 0.331 e. The number of esters is 4. The van der Waals surface area contributed by atoms with Crippen LogP contribution in [0.3, 0.4) is 0 Å². The van der Waals surface area contributed by atoms with E-state index in [0.717, 1.165) is 128 Å². The molecule has 12 heteroatoms. The van der Waals surface area contributed by atoms with E-state index in [9.17, 15) is 39.0 Å². The summed E-state index contributed by atoms with van der Waals surface area (Å²) in [6, 6.07) is -2.21. The lowest BCUT2D eigenvalue weighted by Crippen LogP contribution is -2.45. The SMILES string of the molecule is CCCCCCCC/C=C\CCCCCCCCN(CCCCCCCC/C=C\CCCCCCCC)[C@@H](CC(=O)O)C(=O)OC(=O)CCCCC(=O)OC(=O)[C@H](CC(=O)O)N(CCCCCCCC/C=C\CCCCCCCC)CCCCCCCC/C=C\CCCCCCCC. The predicted octanol–water partition coefficient (Wildman–Crippen LogP) is 25.1. The number of hydrogen-bond donors (Lipinski definition) is 2. The van der Waals surface area contributed by atoms with E-state index < -0.39 is 60.7 Å². The van der Waals surface area contributed by atoms with Crippen LogP contribution in [0.2, 0.25) is 0 Å². The quantitative estimate of drug-likeness (QED) is 0.0256. The molecule has 0 aliphatic heterocycles. The van der Waals surface area contributed by atoms with Crippen LogP contribution in [0, 0.1) is 0 Å². The first-order chi connectivity index (χ1) is 48.0. The van der Waals surface area contributed by atoms with Gasteiger partial charge in [-0.2, -0.15) is 0 Å². The maximum absolute atomic E-state index is 13.8. The Morgan fingerprint density at radius 1 is 0.255 bits per heavy atom. The van der Waals surface area contributed by atoms with Gasteiger partial charge in [-0.15, -0.1) is 0 Å². The van der Waals surface area contributed by atoms with E-state index in [1.54, 1.807) is 0 Å². The summed E-state index contributed by atoms with van der Waals surface area (Å²) in [4.78, 5) is 82.6. The van der Waals surface area contributed by atoms with Gasteiger partial charge in [-0.05, 0) is 167 Å². The molecule has 0 aliphatic carbocycles. The van der Waals surface area contributed by atoms with Crippen molar-refractivity contribution in [3.05, 3.63) is 48.6 Å². The van der Waals surface area contributed by atoms with E-state index >= 15 is 0 Å². The van der Waals surface area contributed by atoms with Gasteiger partial charge < -0.3 is 19.7 Å². The zero-order valence-corrected chi connectivity index (χ0v) is 64.5. The normalized spacial score (nSPS) is 12.6. The fraction of sp³-hybridized carbons (Fsp3) is 0.837. The first-order valence-corrected chi connectivity index (χ1v) is 42.0. The van der Waals surface area contributed by atoms with Crippen molar-refractivity contribution in [1.82, 2.24) is 9.80 Å². The number of aliphatic carboxylic acids is 2. The van der Waals surface area contributed by atoms with Gasteiger partial charge in [-0.1, -0.05) is 307 Å². The highest BCUT2D eigenvalue weighted by Gasteiger charge is 2.33. The zero-order valence-electron chi connectivity index (χ0n) is 64.5. The van der Waals surface area contributed by atoms with Gasteiger partial charge in [0.25, 0.3) is 0 Å². The first-order valence-electron chi connectivity index (χ1n) is 42.0. The van der Waals surface area contributed by atoms with Gasteiger partial charge in [0.05, 0.1) is 12.8 Å². The summed E-state index contributed by atoms with van der Waals surface area (Å²) in [7, 11) is 0. The maximum atomic E-state index is 13.8. The minimum absolute atomic E-state index is 0.171. The third-order valence-corrected chi connectivity index (χ3v) is 19.4. The topological polar surface area (TPSA) is 168 Å². The number of nitrogens with zero attached hydrogens (tertiary/aromatic N) is 2. The fourth-order valence-electron chi connectivity index (χ4n) is 13.2. The Kier molecular flexibility index (Phi) is 72.7. The van der Waals surface area contributed by atoms with Crippen LogP contribution in [0.1, 0.15) is 426 Å². The van der Waals surface area contributed by atoms with E-state index in [-0.39, 0.29) is 25.7 Å². The molecule has 0 radical (unpaired) electrons. The Labute approximate surface area is 603 Å². The number of unbranched alkanes of at least 4 members (excludes halogenated alkanes) is 49. The van der Waals surface area contributed by atoms with Gasteiger partial charge in [-0.25, -0.2) is 9.59 Å². The number of carbonyl (C=O) groups excluding carboxylic acids is 4. The van der Waals surface area contributed by atoms with Crippen molar-refractivity contribution in [3.63, 3.8) is 0 Å². The molecule has 570 valence electrons. The Morgan fingerprint density at radius 3 is 0.612 bits per heavy atom. The lowest BCUT2D eigenvalue weighted by Gasteiger charge is -2.29. The molecule has 98 heavy (non-hydrogen) atoms. The standard InChI is InChI=1S/C86H156N2O10/c1-5-9-13-17-21-25-29-33-37-41-45-49-53-57-61-67-73-87(74-68-62-58-54-50-46-42-38-34-30-26-22-18-14-10-6-2)79(77-81(89)90)85(95)97-83(93)71-65-66-72-84(94)98-86(96)80(78-82(91)92)88(75-69-63-59-55-51-47-43-39-35-31-27-23-19-15-11-7-3)76-70-64-60-56-52-48-44-40-36-32-28-24-20-16-12-8-4/h33-40,79-80H,5-32,41-78H2,1-4H3,(H,89,90)(H,91,92)/b37-33-,38-34-,39-35-,40-36-/t79-,80-/m0/s1. The molecule has 0 aliphatic rings. The number of carbonyl (C=O) groups is 6. The van der Waals surface area contributed by atoms with Crippen molar-refractivity contribution in [2.45, 2.75) is 438 Å². The Morgan fingerprint density at radius 2 is 0.429 bits per heavy atom. The van der Waals surface area contributed by atoms with Gasteiger partial charge in [0.1, 0.15) is 12.1 Å². The van der Waals surface area contributed by atoms with E-state index in [1.807, 2.05) is 9.80 Å². The minimum atomic E-state index is -1.13. The molecule has 0 fully saturated rings. The van der Waals surface area contributed by atoms with Crippen LogP contribution in [0.4, 0.5) is 0 Å². The number of rotatable bonds is 77. The van der Waals surface area contributed by atoms with Crippen LogP contribution in [-0.4, -0.2) is 94.1 Å². The lowest BCUT2D eigenvalue weighted by molar-refractivity contribution is -0.167. The highest BCUT2D eigenvalue weighted by atomic mass is 16.6. The van der Waals surface area contributed by atoms with Crippen molar-refractivity contribution in [1.29, 1.82) is 0 Å². The minimum Gasteiger partial charge on any atom is -0.481 e. The summed E-state index contributed by atoms with van der Waals surface area (Å²) in [6.45, 7) is 11.2.